The number of rotatable bonds is 11. The van der Waals surface area contributed by atoms with Crippen molar-refractivity contribution in [3.05, 3.63) is 87.0 Å². The van der Waals surface area contributed by atoms with E-state index < -0.39 is 0 Å². The van der Waals surface area contributed by atoms with Crippen LogP contribution in [0.3, 0.4) is 0 Å². The van der Waals surface area contributed by atoms with Crippen molar-refractivity contribution in [2.24, 2.45) is 0 Å². The van der Waals surface area contributed by atoms with E-state index in [2.05, 4.69) is 15.2 Å². The van der Waals surface area contributed by atoms with Crippen LogP contribution in [0.1, 0.15) is 26.6 Å². The number of hydrogen-bond acceptors (Lipinski definition) is 9. The largest absolute Gasteiger partial charge is 0.493 e. The Hall–Kier alpha value is -3.80. The van der Waals surface area contributed by atoms with Crippen LogP contribution >= 0.6 is 34.7 Å². The Bertz CT molecular complexity index is 1650. The Labute approximate surface area is 251 Å². The zero-order valence-electron chi connectivity index (χ0n) is 23.0. The van der Waals surface area contributed by atoms with Gasteiger partial charge in [-0.1, -0.05) is 35.5 Å². The Kier molecular flexibility index (Phi) is 8.96. The number of ether oxygens (including phenoxy) is 2. The lowest BCUT2D eigenvalue weighted by Gasteiger charge is -2.16. The molecule has 0 fully saturated rings. The minimum Gasteiger partial charge on any atom is -0.493 e. The predicted octanol–water partition coefficient (Wildman–Crippen LogP) is 6.57. The molecule has 12 heteroatoms. The van der Waals surface area contributed by atoms with Crippen LogP contribution in [0.4, 0.5) is 0 Å². The summed E-state index contributed by atoms with van der Waals surface area (Å²) in [5.74, 6) is 2.90. The van der Waals surface area contributed by atoms with Crippen LogP contribution < -0.4 is 9.47 Å². The van der Waals surface area contributed by atoms with Gasteiger partial charge in [0, 0.05) is 24.0 Å². The van der Waals surface area contributed by atoms with Gasteiger partial charge in [0.05, 0.1) is 31.9 Å². The van der Waals surface area contributed by atoms with E-state index in [0.29, 0.717) is 57.7 Å². The number of aromatic nitrogens is 4. The van der Waals surface area contributed by atoms with Crippen molar-refractivity contribution in [3.63, 3.8) is 0 Å². The van der Waals surface area contributed by atoms with Crippen LogP contribution in [0.2, 0.25) is 5.02 Å². The van der Waals surface area contributed by atoms with Crippen LogP contribution in [0.5, 0.6) is 11.5 Å². The molecule has 0 atom stereocenters. The minimum atomic E-state index is -0.129. The maximum atomic E-state index is 13.1. The first-order valence-electron chi connectivity index (χ1n) is 12.7. The highest BCUT2D eigenvalue weighted by Gasteiger charge is 2.21. The average Bonchev–Trinajstić information content (AvgIpc) is 3.76. The standard InChI is InChI=1S/C29H28ClN5O4S2/c1-18-7-9-20(30)15-22(18)35-27(24-6-5-13-39-24)32-33-29(35)41-17-26-31-21(16-40-26)28(36)34(2)12-11-19-8-10-23(37-3)25(14-19)38-4/h5-10,13-16H,11-12,17H2,1-4H3. The maximum absolute atomic E-state index is 13.1. The summed E-state index contributed by atoms with van der Waals surface area (Å²) in [6, 6.07) is 15.1. The fourth-order valence-corrected chi connectivity index (χ4v) is 6.10. The number of halogens is 1. The Balaban J connectivity index is 1.27. The smallest absolute Gasteiger partial charge is 0.273 e. The van der Waals surface area contributed by atoms with E-state index in [1.165, 1.54) is 23.1 Å². The third kappa shape index (κ3) is 6.42. The molecule has 0 unspecified atom stereocenters. The second kappa shape index (κ2) is 12.8. The summed E-state index contributed by atoms with van der Waals surface area (Å²) < 4.78 is 18.2. The Morgan fingerprint density at radius 3 is 2.71 bits per heavy atom. The molecule has 0 bridgehead atoms. The molecule has 5 rings (SSSR count). The first-order valence-corrected chi connectivity index (χ1v) is 14.9. The highest BCUT2D eigenvalue weighted by Crippen LogP contribution is 2.33. The monoisotopic (exact) mass is 609 g/mol. The van der Waals surface area contributed by atoms with E-state index in [1.54, 1.807) is 37.8 Å². The molecule has 0 radical (unpaired) electrons. The van der Waals surface area contributed by atoms with Crippen LogP contribution in [0.25, 0.3) is 17.3 Å². The molecule has 5 aromatic rings. The molecule has 9 nitrogen and oxygen atoms in total. The van der Waals surface area contributed by atoms with Gasteiger partial charge in [-0.05, 0) is 60.9 Å². The number of carbonyl (C=O) groups is 1. The van der Waals surface area contributed by atoms with Crippen LogP contribution in [-0.4, -0.2) is 58.4 Å². The zero-order chi connectivity index (χ0) is 28.9. The first-order chi connectivity index (χ1) is 19.9. The van der Waals surface area contributed by atoms with Gasteiger partial charge >= 0.3 is 0 Å². The first kappa shape index (κ1) is 28.7. The van der Waals surface area contributed by atoms with Crippen molar-refractivity contribution < 1.29 is 18.7 Å². The molecule has 0 saturated heterocycles. The molecule has 0 spiro atoms. The number of amides is 1. The molecule has 0 aliphatic heterocycles. The van der Waals surface area contributed by atoms with E-state index in [4.69, 9.17) is 25.5 Å². The Morgan fingerprint density at radius 1 is 1.12 bits per heavy atom. The average molecular weight is 610 g/mol. The van der Waals surface area contributed by atoms with Gasteiger partial charge in [0.2, 0.25) is 5.82 Å². The van der Waals surface area contributed by atoms with Crippen LogP contribution in [-0.2, 0) is 12.2 Å². The molecule has 0 saturated carbocycles. The van der Waals surface area contributed by atoms with Crippen LogP contribution in [0, 0.1) is 6.92 Å². The van der Waals surface area contributed by atoms with Gasteiger partial charge < -0.3 is 18.8 Å². The summed E-state index contributed by atoms with van der Waals surface area (Å²) in [5, 5.41) is 12.7. The maximum Gasteiger partial charge on any atom is 0.273 e. The molecular formula is C29H28ClN5O4S2. The highest BCUT2D eigenvalue weighted by atomic mass is 35.5. The van der Waals surface area contributed by atoms with Gasteiger partial charge in [-0.25, -0.2) is 4.98 Å². The van der Waals surface area contributed by atoms with Gasteiger partial charge in [-0.2, -0.15) is 0 Å². The number of methoxy groups -OCH3 is 2. The van der Waals surface area contributed by atoms with Gasteiger partial charge in [-0.3, -0.25) is 9.36 Å². The number of aryl methyl sites for hydroxylation is 1. The number of carbonyl (C=O) groups excluding carboxylic acids is 1. The molecule has 0 aliphatic rings. The van der Waals surface area contributed by atoms with Gasteiger partial charge in [0.25, 0.3) is 5.91 Å². The Morgan fingerprint density at radius 2 is 1.95 bits per heavy atom. The van der Waals surface area contributed by atoms with Crippen molar-refractivity contribution in [1.29, 1.82) is 0 Å². The van der Waals surface area contributed by atoms with Crippen molar-refractivity contribution in [2.75, 3.05) is 27.8 Å². The number of thiazole rings is 1. The highest BCUT2D eigenvalue weighted by molar-refractivity contribution is 7.98. The summed E-state index contributed by atoms with van der Waals surface area (Å²) in [7, 11) is 4.99. The molecule has 3 aromatic heterocycles. The number of likely N-dealkylation sites (N-methyl/N-ethyl adjacent to an activating group) is 1. The molecule has 0 N–H and O–H groups in total. The second-order valence-corrected chi connectivity index (χ2v) is 11.5. The van der Waals surface area contributed by atoms with Crippen LogP contribution in [0.15, 0.2) is 69.7 Å². The number of nitrogens with zero attached hydrogens (tertiary/aromatic N) is 5. The van der Waals surface area contributed by atoms with E-state index in [-0.39, 0.29) is 5.91 Å². The van der Waals surface area contributed by atoms with Crippen molar-refractivity contribution in [1.82, 2.24) is 24.6 Å². The number of benzene rings is 2. The zero-order valence-corrected chi connectivity index (χ0v) is 25.3. The van der Waals surface area contributed by atoms with E-state index in [9.17, 15) is 4.79 Å². The topological polar surface area (TPSA) is 95.5 Å². The SMILES string of the molecule is COc1ccc(CCN(C)C(=O)c2csc(CSc3nnc(-c4ccco4)n3-c3cc(Cl)ccc3C)n2)cc1OC. The molecule has 1 amide bonds. The number of hydrogen-bond donors (Lipinski definition) is 0. The fraction of sp³-hybridized carbons (Fsp3) is 0.241. The lowest BCUT2D eigenvalue weighted by atomic mass is 10.1. The molecule has 212 valence electrons. The van der Waals surface area contributed by atoms with Crippen molar-refractivity contribution >= 4 is 40.6 Å². The predicted molar refractivity (Wildman–Crippen MR) is 161 cm³/mol. The normalized spacial score (nSPS) is 11.0. The quantitative estimate of drug-likeness (QED) is 0.155. The second-order valence-electron chi connectivity index (χ2n) is 9.13. The molecular weight excluding hydrogens is 582 g/mol. The molecule has 41 heavy (non-hydrogen) atoms. The molecule has 3 heterocycles. The lowest BCUT2D eigenvalue weighted by Crippen LogP contribution is -2.29. The minimum absolute atomic E-state index is 0.129. The summed E-state index contributed by atoms with van der Waals surface area (Å²) in [4.78, 5) is 19.4. The third-order valence-electron chi connectivity index (χ3n) is 6.41. The van der Waals surface area contributed by atoms with Gasteiger partial charge in [0.15, 0.2) is 22.4 Å². The summed E-state index contributed by atoms with van der Waals surface area (Å²) in [5.41, 5.74) is 3.35. The molecule has 2 aromatic carbocycles. The summed E-state index contributed by atoms with van der Waals surface area (Å²) >= 11 is 9.26. The summed E-state index contributed by atoms with van der Waals surface area (Å²) in [6.07, 6.45) is 2.27. The van der Waals surface area contributed by atoms with Gasteiger partial charge in [0.1, 0.15) is 10.7 Å². The lowest BCUT2D eigenvalue weighted by molar-refractivity contribution is 0.0791. The number of thioether (sulfide) groups is 1. The fourth-order valence-electron chi connectivity index (χ4n) is 4.20. The number of furan rings is 1. The van der Waals surface area contributed by atoms with E-state index >= 15 is 0 Å². The molecule has 0 aliphatic carbocycles. The van der Waals surface area contributed by atoms with Crippen molar-refractivity contribution in [3.8, 4) is 28.8 Å². The van der Waals surface area contributed by atoms with Crippen molar-refractivity contribution in [2.45, 2.75) is 24.3 Å². The van der Waals surface area contributed by atoms with Gasteiger partial charge in [-0.15, -0.1) is 21.5 Å². The van der Waals surface area contributed by atoms with E-state index in [0.717, 1.165) is 21.8 Å². The summed E-state index contributed by atoms with van der Waals surface area (Å²) in [6.45, 7) is 2.54. The van der Waals surface area contributed by atoms with E-state index in [1.807, 2.05) is 60.0 Å². The third-order valence-corrected chi connectivity index (χ3v) is 8.62.